The van der Waals surface area contributed by atoms with E-state index in [0.29, 0.717) is 52.7 Å². The van der Waals surface area contributed by atoms with Crippen LogP contribution in [0.4, 0.5) is 32.0 Å². The van der Waals surface area contributed by atoms with Crippen LogP contribution in [0.1, 0.15) is 61.7 Å². The Labute approximate surface area is 289 Å². The maximum atomic E-state index is 13.9. The largest absolute Gasteiger partial charge is 0.489 e. The number of imide groups is 1. The minimum atomic E-state index is -5.22. The molecule has 1 aliphatic carbocycles. The van der Waals surface area contributed by atoms with E-state index in [1.165, 1.54) is 0 Å². The maximum absolute atomic E-state index is 13.9. The van der Waals surface area contributed by atoms with Crippen LogP contribution >= 0.6 is 0 Å². The summed E-state index contributed by atoms with van der Waals surface area (Å²) in [4.78, 5) is 28.1. The number of furan rings is 1. The molecule has 14 heteroatoms. The van der Waals surface area contributed by atoms with Crippen LogP contribution in [0.3, 0.4) is 0 Å². The highest BCUT2D eigenvalue weighted by atomic mass is 19.4. The fraction of sp³-hybridized carbons (Fsp3) is 0.405. The van der Waals surface area contributed by atoms with E-state index in [4.69, 9.17) is 9.15 Å². The molecule has 2 heterocycles. The predicted octanol–water partition coefficient (Wildman–Crippen LogP) is 7.33. The standard InChI is InChI=1S/C37H37F6NO7/c1-2-6-21(13-27-10-11-28(18-45)51-27)9-12-31(47)32-22(20-50-26-7-4-3-5-8-26)14-29-33(30(32)19-46)35(49)44(34(29)48)25-16-23(36(38,39)40)15-24(17-25)37(41,42)43/h3-5,7-8,10-11,13,15-17,29-31,33,45-47H,2,6,9,12,14,18-20H2,1H3/b21-13+/t29-,30+,31-,33-/m1/s1. The van der Waals surface area contributed by atoms with Gasteiger partial charge in [-0.2, -0.15) is 26.3 Å². The minimum absolute atomic E-state index is 0.0914. The van der Waals surface area contributed by atoms with Crippen LogP contribution in [0.15, 0.2) is 81.8 Å². The van der Waals surface area contributed by atoms with Gasteiger partial charge in [0, 0.05) is 5.92 Å². The molecule has 2 aliphatic rings. The van der Waals surface area contributed by atoms with Crippen molar-refractivity contribution in [1.82, 2.24) is 0 Å². The zero-order chi connectivity index (χ0) is 37.1. The van der Waals surface area contributed by atoms with E-state index in [2.05, 4.69) is 0 Å². The zero-order valence-electron chi connectivity index (χ0n) is 27.5. The molecule has 0 radical (unpaired) electrons. The van der Waals surface area contributed by atoms with Gasteiger partial charge in [-0.15, -0.1) is 0 Å². The van der Waals surface area contributed by atoms with Crippen LogP contribution in [0.5, 0.6) is 5.75 Å². The van der Waals surface area contributed by atoms with Crippen molar-refractivity contribution >= 4 is 23.6 Å². The number of alkyl halides is 6. The van der Waals surface area contributed by atoms with Gasteiger partial charge in [0.05, 0.1) is 41.4 Å². The number of carbonyl (C=O) groups is 2. The molecule has 2 amide bonds. The molecule has 5 rings (SSSR count). The van der Waals surface area contributed by atoms with Gasteiger partial charge in [-0.25, -0.2) is 4.90 Å². The van der Waals surface area contributed by atoms with Crippen LogP contribution in [-0.4, -0.2) is 46.5 Å². The van der Waals surface area contributed by atoms with Crippen LogP contribution < -0.4 is 9.64 Å². The lowest BCUT2D eigenvalue weighted by atomic mass is 9.68. The van der Waals surface area contributed by atoms with Gasteiger partial charge in [0.1, 0.15) is 30.5 Å². The van der Waals surface area contributed by atoms with E-state index < -0.39 is 71.4 Å². The predicted molar refractivity (Wildman–Crippen MR) is 173 cm³/mol. The summed E-state index contributed by atoms with van der Waals surface area (Å²) in [6, 6.07) is 12.4. The summed E-state index contributed by atoms with van der Waals surface area (Å²) in [7, 11) is 0. The molecule has 1 saturated heterocycles. The lowest BCUT2D eigenvalue weighted by Gasteiger charge is -2.36. The highest BCUT2D eigenvalue weighted by molar-refractivity contribution is 6.22. The third-order valence-electron chi connectivity index (χ3n) is 9.22. The maximum Gasteiger partial charge on any atom is 0.416 e. The van der Waals surface area contributed by atoms with Crippen molar-refractivity contribution in [2.45, 2.75) is 64.1 Å². The van der Waals surface area contributed by atoms with Crippen molar-refractivity contribution in [3.8, 4) is 5.75 Å². The molecule has 0 saturated carbocycles. The Bertz CT molecular complexity index is 1750. The van der Waals surface area contributed by atoms with Crippen LogP contribution in [0, 0.1) is 17.8 Å². The van der Waals surface area contributed by atoms with E-state index in [9.17, 15) is 51.3 Å². The third kappa shape index (κ3) is 8.40. The number of allylic oxidation sites excluding steroid dienone is 1. The van der Waals surface area contributed by atoms with Gasteiger partial charge in [-0.1, -0.05) is 37.1 Å². The van der Waals surface area contributed by atoms with Crippen LogP contribution in [-0.2, 0) is 28.5 Å². The summed E-state index contributed by atoms with van der Waals surface area (Å²) in [6.07, 6.45) is -8.26. The van der Waals surface area contributed by atoms with E-state index in [1.807, 2.05) is 6.92 Å². The summed E-state index contributed by atoms with van der Waals surface area (Å²) in [5, 5.41) is 31.7. The number of benzene rings is 2. The molecule has 0 unspecified atom stereocenters. The van der Waals surface area contributed by atoms with Gasteiger partial charge in [0.2, 0.25) is 11.8 Å². The van der Waals surface area contributed by atoms with Gasteiger partial charge >= 0.3 is 12.4 Å². The second-order valence-corrected chi connectivity index (χ2v) is 12.6. The molecule has 51 heavy (non-hydrogen) atoms. The Morgan fingerprint density at radius 2 is 1.63 bits per heavy atom. The Balaban J connectivity index is 1.50. The molecular weight excluding hydrogens is 684 g/mol. The summed E-state index contributed by atoms with van der Waals surface area (Å²) in [5.41, 5.74) is -2.75. The first-order chi connectivity index (χ1) is 24.2. The van der Waals surface area contributed by atoms with E-state index in [-0.39, 0.29) is 37.7 Å². The van der Waals surface area contributed by atoms with Crippen molar-refractivity contribution in [3.63, 3.8) is 0 Å². The number of para-hydroxylation sites is 1. The van der Waals surface area contributed by atoms with Crippen molar-refractivity contribution in [2.75, 3.05) is 18.1 Å². The molecule has 1 fully saturated rings. The summed E-state index contributed by atoms with van der Waals surface area (Å²) >= 11 is 0. The Hall–Kier alpha value is -4.40. The van der Waals surface area contributed by atoms with Gasteiger partial charge in [0.15, 0.2) is 0 Å². The second-order valence-electron chi connectivity index (χ2n) is 12.6. The number of nitrogens with zero attached hydrogens (tertiary/aromatic N) is 1. The quantitative estimate of drug-likeness (QED) is 0.0961. The average molecular weight is 722 g/mol. The number of amides is 2. The minimum Gasteiger partial charge on any atom is -0.489 e. The number of ether oxygens (including phenoxy) is 1. The average Bonchev–Trinajstić information content (AvgIpc) is 3.65. The molecule has 2 aromatic carbocycles. The van der Waals surface area contributed by atoms with Gasteiger partial charge < -0.3 is 24.5 Å². The highest BCUT2D eigenvalue weighted by Crippen LogP contribution is 2.48. The topological polar surface area (TPSA) is 120 Å². The van der Waals surface area contributed by atoms with Crippen molar-refractivity contribution < 1.29 is 60.4 Å². The SMILES string of the molecule is CCC/C(=C\c1ccc(CO)o1)CC[C@@H](O)C1=C(COc2ccccc2)C[C@H]2C(=O)N(c3cc(C(F)(F)F)cc(C(F)(F)F)c3)C(=O)[C@H]2[C@H]1CO. The Morgan fingerprint density at radius 3 is 2.20 bits per heavy atom. The first-order valence-corrected chi connectivity index (χ1v) is 16.4. The molecule has 8 nitrogen and oxygen atoms in total. The van der Waals surface area contributed by atoms with E-state index >= 15 is 0 Å². The molecule has 3 aromatic rings. The fourth-order valence-corrected chi connectivity index (χ4v) is 6.93. The number of carbonyl (C=O) groups excluding carboxylic acids is 2. The first-order valence-electron chi connectivity index (χ1n) is 16.4. The number of halogens is 6. The number of anilines is 1. The summed E-state index contributed by atoms with van der Waals surface area (Å²) in [5.74, 6) is -4.60. The molecule has 1 aliphatic heterocycles. The number of fused-ring (bicyclic) bond motifs is 1. The van der Waals surface area contributed by atoms with Crippen molar-refractivity contribution in [3.05, 3.63) is 100 Å². The zero-order valence-corrected chi connectivity index (χ0v) is 27.5. The smallest absolute Gasteiger partial charge is 0.416 e. The van der Waals surface area contributed by atoms with Gasteiger partial charge in [-0.3, -0.25) is 9.59 Å². The molecule has 1 aromatic heterocycles. The Kier molecular flexibility index (Phi) is 11.5. The normalized spacial score (nSPS) is 20.6. The third-order valence-corrected chi connectivity index (χ3v) is 9.22. The van der Waals surface area contributed by atoms with Gasteiger partial charge in [0.25, 0.3) is 0 Å². The monoisotopic (exact) mass is 721 g/mol. The molecule has 4 atom stereocenters. The molecule has 3 N–H and O–H groups in total. The van der Waals surface area contributed by atoms with Crippen LogP contribution in [0.25, 0.3) is 6.08 Å². The number of hydrogen-bond donors (Lipinski definition) is 3. The molecular formula is C37H37F6NO7. The first kappa shape index (κ1) is 37.8. The fourth-order valence-electron chi connectivity index (χ4n) is 6.93. The van der Waals surface area contributed by atoms with E-state index in [0.717, 1.165) is 12.0 Å². The summed E-state index contributed by atoms with van der Waals surface area (Å²) in [6.45, 7) is 0.762. The number of rotatable bonds is 13. The highest BCUT2D eigenvalue weighted by Gasteiger charge is 2.56. The Morgan fingerprint density at radius 1 is 0.961 bits per heavy atom. The number of hydrogen-bond acceptors (Lipinski definition) is 7. The van der Waals surface area contributed by atoms with Crippen molar-refractivity contribution in [2.24, 2.45) is 17.8 Å². The molecule has 274 valence electrons. The number of aliphatic hydroxyl groups is 3. The van der Waals surface area contributed by atoms with Crippen LogP contribution in [0.2, 0.25) is 0 Å². The lowest BCUT2D eigenvalue weighted by molar-refractivity contribution is -0.143. The number of aliphatic hydroxyl groups excluding tert-OH is 3. The summed E-state index contributed by atoms with van der Waals surface area (Å²) < 4.78 is 93.8. The lowest BCUT2D eigenvalue weighted by Crippen LogP contribution is -2.40. The van der Waals surface area contributed by atoms with Gasteiger partial charge in [-0.05, 0) is 85.4 Å². The van der Waals surface area contributed by atoms with Crippen molar-refractivity contribution in [1.29, 1.82) is 0 Å². The van der Waals surface area contributed by atoms with E-state index in [1.54, 1.807) is 48.5 Å². The molecule has 0 spiro atoms. The second kappa shape index (κ2) is 15.5. The molecule has 0 bridgehead atoms.